The Morgan fingerprint density at radius 2 is 2.14 bits per heavy atom. The summed E-state index contributed by atoms with van der Waals surface area (Å²) in [7, 11) is 1.45. The molecule has 0 aromatic carbocycles. The smallest absolute Gasteiger partial charge is 0.326 e. The van der Waals surface area contributed by atoms with Crippen molar-refractivity contribution in [1.29, 1.82) is 0 Å². The van der Waals surface area contributed by atoms with Crippen LogP contribution in [0.1, 0.15) is 46.5 Å². The molecule has 0 amide bonds. The van der Waals surface area contributed by atoms with Gasteiger partial charge in [-0.05, 0) is 31.7 Å². The molecule has 0 aliphatic heterocycles. The van der Waals surface area contributed by atoms with Crippen molar-refractivity contribution in [3.63, 3.8) is 0 Å². The summed E-state index contributed by atoms with van der Waals surface area (Å²) in [5, 5.41) is 3.31. The minimum Gasteiger partial charge on any atom is -0.468 e. The number of methoxy groups -OCH3 is 1. The molecule has 0 aromatic heterocycles. The molecule has 0 radical (unpaired) electrons. The van der Waals surface area contributed by atoms with Gasteiger partial charge >= 0.3 is 5.97 Å². The van der Waals surface area contributed by atoms with E-state index in [-0.39, 0.29) is 12.1 Å². The highest BCUT2D eigenvalue weighted by Crippen LogP contribution is 2.31. The third-order valence-corrected chi connectivity index (χ3v) is 3.83. The molecule has 0 spiro atoms. The van der Waals surface area contributed by atoms with Gasteiger partial charge in [-0.3, -0.25) is 4.79 Å². The molecule has 1 fully saturated rings. The van der Waals surface area contributed by atoms with Gasteiger partial charge in [-0.25, -0.2) is 0 Å². The van der Waals surface area contributed by atoms with Crippen LogP contribution in [0.25, 0.3) is 0 Å². The first kappa shape index (κ1) is 18.4. The van der Waals surface area contributed by atoms with E-state index in [9.17, 15) is 4.79 Å². The van der Waals surface area contributed by atoms with Crippen LogP contribution >= 0.6 is 0 Å². The summed E-state index contributed by atoms with van der Waals surface area (Å²) in [4.78, 5) is 12.1. The normalized spacial score (nSPS) is 26.0. The molecular weight excluding hydrogens is 270 g/mol. The first-order chi connectivity index (χ1) is 10.0. The van der Waals surface area contributed by atoms with Crippen LogP contribution in [0.2, 0.25) is 0 Å². The van der Waals surface area contributed by atoms with Crippen LogP contribution in [0, 0.1) is 5.92 Å². The summed E-state index contributed by atoms with van der Waals surface area (Å²) in [5.41, 5.74) is -0.578. The van der Waals surface area contributed by atoms with Crippen LogP contribution in [-0.4, -0.2) is 51.1 Å². The molecule has 0 aromatic rings. The number of hydrogen-bond donors (Lipinski definition) is 1. The summed E-state index contributed by atoms with van der Waals surface area (Å²) < 4.78 is 16.4. The average Bonchev–Trinajstić information content (AvgIpc) is 2.46. The summed E-state index contributed by atoms with van der Waals surface area (Å²) in [6.07, 6.45) is 3.56. The molecule has 0 bridgehead atoms. The van der Waals surface area contributed by atoms with E-state index in [1.807, 2.05) is 6.92 Å². The van der Waals surface area contributed by atoms with Crippen molar-refractivity contribution in [2.75, 3.05) is 33.5 Å². The SMILES string of the molecule is CCNC1(C(=O)OC)CCCC(OCCOCC(C)C)C1. The van der Waals surface area contributed by atoms with Crippen LogP contribution in [0.3, 0.4) is 0 Å². The molecule has 5 heteroatoms. The van der Waals surface area contributed by atoms with Gasteiger partial charge in [0.1, 0.15) is 5.54 Å². The molecule has 1 aliphatic rings. The third-order valence-electron chi connectivity index (χ3n) is 3.83. The number of rotatable bonds is 9. The lowest BCUT2D eigenvalue weighted by Crippen LogP contribution is -2.56. The Labute approximate surface area is 128 Å². The Bertz CT molecular complexity index is 305. The second kappa shape index (κ2) is 9.38. The highest BCUT2D eigenvalue weighted by Gasteiger charge is 2.43. The summed E-state index contributed by atoms with van der Waals surface area (Å²) in [6, 6.07) is 0. The molecule has 1 saturated carbocycles. The van der Waals surface area contributed by atoms with Crippen molar-refractivity contribution in [3.05, 3.63) is 0 Å². The lowest BCUT2D eigenvalue weighted by Gasteiger charge is -2.39. The number of esters is 1. The number of likely N-dealkylation sites (N-methyl/N-ethyl adjacent to an activating group) is 1. The van der Waals surface area contributed by atoms with E-state index in [4.69, 9.17) is 14.2 Å². The van der Waals surface area contributed by atoms with Crippen molar-refractivity contribution in [2.24, 2.45) is 5.92 Å². The van der Waals surface area contributed by atoms with Gasteiger partial charge in [0.05, 0.1) is 26.4 Å². The Morgan fingerprint density at radius 3 is 2.76 bits per heavy atom. The van der Waals surface area contributed by atoms with Crippen LogP contribution < -0.4 is 5.32 Å². The van der Waals surface area contributed by atoms with Gasteiger partial charge in [0, 0.05) is 13.0 Å². The van der Waals surface area contributed by atoms with Crippen LogP contribution in [0.15, 0.2) is 0 Å². The molecule has 0 saturated heterocycles. The first-order valence-corrected chi connectivity index (χ1v) is 8.07. The summed E-state index contributed by atoms with van der Waals surface area (Å²) in [6.45, 7) is 8.97. The molecule has 1 N–H and O–H groups in total. The second-order valence-electron chi connectivity index (χ2n) is 6.16. The summed E-state index contributed by atoms with van der Waals surface area (Å²) >= 11 is 0. The zero-order chi connectivity index (χ0) is 15.7. The molecule has 1 aliphatic carbocycles. The Balaban J connectivity index is 2.40. The summed E-state index contributed by atoms with van der Waals surface area (Å²) in [5.74, 6) is 0.370. The highest BCUT2D eigenvalue weighted by atomic mass is 16.5. The molecular formula is C16H31NO4. The lowest BCUT2D eigenvalue weighted by atomic mass is 9.80. The zero-order valence-corrected chi connectivity index (χ0v) is 13.9. The maximum atomic E-state index is 12.1. The van der Waals surface area contributed by atoms with Crippen LogP contribution in [-0.2, 0) is 19.0 Å². The van der Waals surface area contributed by atoms with Crippen molar-refractivity contribution < 1.29 is 19.0 Å². The van der Waals surface area contributed by atoms with E-state index >= 15 is 0 Å². The maximum Gasteiger partial charge on any atom is 0.326 e. The van der Waals surface area contributed by atoms with Gasteiger partial charge in [-0.15, -0.1) is 0 Å². The van der Waals surface area contributed by atoms with Gasteiger partial charge in [-0.1, -0.05) is 20.8 Å². The van der Waals surface area contributed by atoms with E-state index in [2.05, 4.69) is 19.2 Å². The van der Waals surface area contributed by atoms with Crippen molar-refractivity contribution >= 4 is 5.97 Å². The average molecular weight is 301 g/mol. The minimum atomic E-state index is -0.578. The molecule has 2 unspecified atom stereocenters. The van der Waals surface area contributed by atoms with Gasteiger partial charge in [0.15, 0.2) is 0 Å². The van der Waals surface area contributed by atoms with Crippen molar-refractivity contribution in [2.45, 2.75) is 58.1 Å². The maximum absolute atomic E-state index is 12.1. The standard InChI is InChI=1S/C16H31NO4/c1-5-17-16(15(18)19-4)8-6-7-14(11-16)21-10-9-20-12-13(2)3/h13-14,17H,5-12H2,1-4H3. The molecule has 124 valence electrons. The lowest BCUT2D eigenvalue weighted by molar-refractivity contribution is -0.153. The highest BCUT2D eigenvalue weighted by molar-refractivity contribution is 5.81. The minimum absolute atomic E-state index is 0.0968. The first-order valence-electron chi connectivity index (χ1n) is 8.07. The van der Waals surface area contributed by atoms with E-state index in [1.54, 1.807) is 0 Å². The van der Waals surface area contributed by atoms with Gasteiger partial charge in [0.25, 0.3) is 0 Å². The predicted octanol–water partition coefficient (Wildman–Crippen LogP) is 2.14. The Kier molecular flexibility index (Phi) is 8.22. The largest absolute Gasteiger partial charge is 0.468 e. The molecule has 5 nitrogen and oxygen atoms in total. The molecule has 1 rings (SSSR count). The van der Waals surface area contributed by atoms with E-state index in [0.717, 1.165) is 32.4 Å². The monoisotopic (exact) mass is 301 g/mol. The van der Waals surface area contributed by atoms with Gasteiger partial charge in [-0.2, -0.15) is 0 Å². The number of nitrogens with one attached hydrogen (secondary N) is 1. The van der Waals surface area contributed by atoms with Crippen LogP contribution in [0.4, 0.5) is 0 Å². The van der Waals surface area contributed by atoms with Gasteiger partial charge < -0.3 is 19.5 Å². The van der Waals surface area contributed by atoms with E-state index in [1.165, 1.54) is 7.11 Å². The van der Waals surface area contributed by atoms with Crippen molar-refractivity contribution in [3.8, 4) is 0 Å². The van der Waals surface area contributed by atoms with Crippen molar-refractivity contribution in [1.82, 2.24) is 5.32 Å². The number of carbonyl (C=O) groups is 1. The third kappa shape index (κ3) is 5.93. The Hall–Kier alpha value is -0.650. The van der Waals surface area contributed by atoms with E-state index < -0.39 is 5.54 Å². The van der Waals surface area contributed by atoms with Crippen LogP contribution in [0.5, 0.6) is 0 Å². The molecule has 2 atom stereocenters. The van der Waals surface area contributed by atoms with E-state index in [0.29, 0.717) is 25.6 Å². The number of carbonyl (C=O) groups excluding carboxylic acids is 1. The fraction of sp³-hybridized carbons (Fsp3) is 0.938. The number of hydrogen-bond acceptors (Lipinski definition) is 5. The molecule has 21 heavy (non-hydrogen) atoms. The fourth-order valence-electron chi connectivity index (χ4n) is 2.91. The quantitative estimate of drug-likeness (QED) is 0.522. The number of ether oxygens (including phenoxy) is 3. The molecule has 0 heterocycles. The zero-order valence-electron chi connectivity index (χ0n) is 13.9. The topological polar surface area (TPSA) is 56.8 Å². The predicted molar refractivity (Wildman–Crippen MR) is 82.3 cm³/mol. The van der Waals surface area contributed by atoms with Gasteiger partial charge in [0.2, 0.25) is 0 Å². The Morgan fingerprint density at radius 1 is 1.38 bits per heavy atom. The fourth-order valence-corrected chi connectivity index (χ4v) is 2.91. The second-order valence-corrected chi connectivity index (χ2v) is 6.16.